The molecule has 0 radical (unpaired) electrons. The van der Waals surface area contributed by atoms with Gasteiger partial charge in [0.05, 0.1) is 22.3 Å². The minimum atomic E-state index is -0.481. The minimum absolute atomic E-state index is 0.402. The lowest BCUT2D eigenvalue weighted by molar-refractivity contribution is 0.0315. The largest absolute Gasteiger partial charge is 0.451 e. The van der Waals surface area contributed by atoms with Crippen LogP contribution in [0.4, 0.5) is 0 Å². The summed E-state index contributed by atoms with van der Waals surface area (Å²) in [5.41, 5.74) is 3.84. The molecule has 4 aromatic rings. The molecule has 0 saturated carbocycles. The molecule has 3 heterocycles. The first kappa shape index (κ1) is 16.3. The molecule has 0 saturated heterocycles. The van der Waals surface area contributed by atoms with Crippen molar-refractivity contribution in [3.05, 3.63) is 53.6 Å². The van der Waals surface area contributed by atoms with Gasteiger partial charge >= 0.3 is 5.97 Å². The van der Waals surface area contributed by atoms with Crippen molar-refractivity contribution >= 4 is 28.0 Å². The number of pyridine rings is 1. The molecule has 4 rings (SSSR count). The Kier molecular flexibility index (Phi) is 3.72. The summed E-state index contributed by atoms with van der Waals surface area (Å²) >= 11 is 0. The van der Waals surface area contributed by atoms with Gasteiger partial charge in [-0.1, -0.05) is 12.1 Å². The summed E-state index contributed by atoms with van der Waals surface area (Å²) in [6.45, 7) is 3.71. The first-order valence-electron chi connectivity index (χ1n) is 8.37. The molecule has 0 amide bonds. The van der Waals surface area contributed by atoms with Crippen LogP contribution in [0, 0.1) is 6.92 Å². The number of imidazole rings is 1. The topological polar surface area (TPSA) is 74.8 Å². The number of rotatable bonds is 3. The molecular weight excluding hydrogens is 330 g/mol. The number of hydrogen-bond donors (Lipinski definition) is 0. The third-order valence-corrected chi connectivity index (χ3v) is 4.57. The molecule has 1 aromatic carbocycles. The third-order valence-electron chi connectivity index (χ3n) is 4.57. The summed E-state index contributed by atoms with van der Waals surface area (Å²) in [5.74, 6) is 0.272. The van der Waals surface area contributed by atoms with Gasteiger partial charge in [0.2, 0.25) is 0 Å². The van der Waals surface area contributed by atoms with Crippen molar-refractivity contribution in [1.29, 1.82) is 0 Å². The van der Waals surface area contributed by atoms with Crippen LogP contribution < -0.4 is 0 Å². The van der Waals surface area contributed by atoms with Crippen LogP contribution in [-0.2, 0) is 18.8 Å². The van der Waals surface area contributed by atoms with Crippen molar-refractivity contribution in [2.45, 2.75) is 20.0 Å². The van der Waals surface area contributed by atoms with Crippen LogP contribution in [-0.4, -0.2) is 30.3 Å². The fourth-order valence-electron chi connectivity index (χ4n) is 3.23. The van der Waals surface area contributed by atoms with Gasteiger partial charge in [-0.3, -0.25) is 4.68 Å². The Morgan fingerprint density at radius 2 is 2.00 bits per heavy atom. The van der Waals surface area contributed by atoms with Gasteiger partial charge in [0.1, 0.15) is 0 Å². The molecule has 0 fully saturated rings. The molecule has 26 heavy (non-hydrogen) atoms. The lowest BCUT2D eigenvalue weighted by atomic mass is 10.2. The van der Waals surface area contributed by atoms with Gasteiger partial charge in [-0.15, -0.1) is 0 Å². The second kappa shape index (κ2) is 5.94. The zero-order valence-electron chi connectivity index (χ0n) is 15.1. The van der Waals surface area contributed by atoms with Gasteiger partial charge in [-0.05, 0) is 32.0 Å². The Labute approximate surface area is 150 Å². The highest BCUT2D eigenvalue weighted by atomic mass is 16.5. The molecule has 7 nitrogen and oxygen atoms in total. The quantitative estimate of drug-likeness (QED) is 0.531. The van der Waals surface area contributed by atoms with E-state index >= 15 is 0 Å². The van der Waals surface area contributed by atoms with Crippen LogP contribution in [0.25, 0.3) is 22.1 Å². The summed E-state index contributed by atoms with van der Waals surface area (Å²) < 4.78 is 9.28. The average molecular weight is 349 g/mol. The molecule has 132 valence electrons. The number of carbonyl (C=O) groups is 1. The maximum absolute atomic E-state index is 12.6. The number of para-hydroxylation sites is 2. The van der Waals surface area contributed by atoms with E-state index in [2.05, 4.69) is 15.1 Å². The molecular formula is C19H19N5O2. The summed E-state index contributed by atoms with van der Waals surface area (Å²) in [7, 11) is 3.75. The second-order valence-electron chi connectivity index (χ2n) is 6.37. The lowest BCUT2D eigenvalue weighted by Crippen LogP contribution is -2.13. The van der Waals surface area contributed by atoms with Crippen LogP contribution >= 0.6 is 0 Å². The average Bonchev–Trinajstić information content (AvgIpc) is 3.12. The Morgan fingerprint density at radius 3 is 2.77 bits per heavy atom. The van der Waals surface area contributed by atoms with Crippen molar-refractivity contribution in [2.24, 2.45) is 14.1 Å². The molecule has 0 aliphatic carbocycles. The van der Waals surface area contributed by atoms with E-state index in [0.29, 0.717) is 11.4 Å². The fraction of sp³-hybridized carbons (Fsp3) is 0.263. The SMILES string of the molecule is Cc1nn(C)c2ncc(C(=O)O[C@@H](C)c3nc4ccccc4n3C)cc12. The number of nitrogens with zero attached hydrogens (tertiary/aromatic N) is 5. The number of esters is 1. The molecule has 3 aromatic heterocycles. The number of benzene rings is 1. The number of ether oxygens (including phenoxy) is 1. The van der Waals surface area contributed by atoms with Gasteiger partial charge in [0, 0.05) is 25.7 Å². The summed E-state index contributed by atoms with van der Waals surface area (Å²) in [5, 5.41) is 5.17. The number of aryl methyl sites for hydroxylation is 3. The molecule has 0 bridgehead atoms. The highest BCUT2D eigenvalue weighted by molar-refractivity contribution is 5.93. The lowest BCUT2D eigenvalue weighted by Gasteiger charge is -2.13. The molecule has 0 aliphatic rings. The maximum atomic E-state index is 12.6. The van der Waals surface area contributed by atoms with E-state index in [1.54, 1.807) is 10.7 Å². The number of aromatic nitrogens is 5. The van der Waals surface area contributed by atoms with Crippen molar-refractivity contribution in [2.75, 3.05) is 0 Å². The molecule has 0 N–H and O–H groups in total. The highest BCUT2D eigenvalue weighted by Crippen LogP contribution is 2.23. The monoisotopic (exact) mass is 349 g/mol. The predicted octanol–water partition coefficient (Wildman–Crippen LogP) is 3.08. The number of carbonyl (C=O) groups excluding carboxylic acids is 1. The van der Waals surface area contributed by atoms with Crippen molar-refractivity contribution < 1.29 is 9.53 Å². The van der Waals surface area contributed by atoms with E-state index in [1.807, 2.05) is 56.8 Å². The van der Waals surface area contributed by atoms with E-state index in [1.165, 1.54) is 6.20 Å². The first-order valence-corrected chi connectivity index (χ1v) is 8.37. The van der Waals surface area contributed by atoms with Crippen LogP contribution in [0.3, 0.4) is 0 Å². The van der Waals surface area contributed by atoms with E-state index in [9.17, 15) is 4.79 Å². The van der Waals surface area contributed by atoms with Crippen LogP contribution in [0.1, 0.15) is 34.9 Å². The van der Waals surface area contributed by atoms with Crippen LogP contribution in [0.2, 0.25) is 0 Å². The molecule has 7 heteroatoms. The number of fused-ring (bicyclic) bond motifs is 2. The van der Waals surface area contributed by atoms with E-state index in [4.69, 9.17) is 4.74 Å². The Balaban J connectivity index is 1.62. The van der Waals surface area contributed by atoms with E-state index in [-0.39, 0.29) is 0 Å². The molecule has 1 atom stereocenters. The van der Waals surface area contributed by atoms with Gasteiger partial charge in [0.25, 0.3) is 0 Å². The van der Waals surface area contributed by atoms with Gasteiger partial charge < -0.3 is 9.30 Å². The Bertz CT molecular complexity index is 1140. The normalized spacial score (nSPS) is 12.6. The molecule has 0 unspecified atom stereocenters. The summed E-state index contributed by atoms with van der Waals surface area (Å²) in [6.07, 6.45) is 1.04. The standard InChI is InChI=1S/C19H19N5O2/c1-11-14-9-13(10-20-18(14)24(4)22-11)19(25)26-12(2)17-21-15-7-5-6-8-16(15)23(17)3/h5-10,12H,1-4H3/t12-/m0/s1. The number of hydrogen-bond acceptors (Lipinski definition) is 5. The highest BCUT2D eigenvalue weighted by Gasteiger charge is 2.20. The van der Waals surface area contributed by atoms with Gasteiger partial charge in [0.15, 0.2) is 17.6 Å². The van der Waals surface area contributed by atoms with Crippen LogP contribution in [0.15, 0.2) is 36.5 Å². The molecule has 0 aliphatic heterocycles. The van der Waals surface area contributed by atoms with Crippen molar-refractivity contribution in [1.82, 2.24) is 24.3 Å². The summed E-state index contributed by atoms with van der Waals surface area (Å²) in [6, 6.07) is 9.60. The van der Waals surface area contributed by atoms with Crippen molar-refractivity contribution in [3.63, 3.8) is 0 Å². The first-order chi connectivity index (χ1) is 12.5. The Hall–Kier alpha value is -3.22. The second-order valence-corrected chi connectivity index (χ2v) is 6.37. The molecule has 0 spiro atoms. The van der Waals surface area contributed by atoms with Crippen LogP contribution in [0.5, 0.6) is 0 Å². The Morgan fingerprint density at radius 1 is 1.23 bits per heavy atom. The minimum Gasteiger partial charge on any atom is -0.451 e. The zero-order chi connectivity index (χ0) is 18.4. The van der Waals surface area contributed by atoms with E-state index < -0.39 is 12.1 Å². The van der Waals surface area contributed by atoms with Gasteiger partial charge in [-0.2, -0.15) is 5.10 Å². The third kappa shape index (κ3) is 2.52. The predicted molar refractivity (Wildman–Crippen MR) is 97.8 cm³/mol. The van der Waals surface area contributed by atoms with Crippen molar-refractivity contribution in [3.8, 4) is 0 Å². The maximum Gasteiger partial charge on any atom is 0.340 e. The smallest absolute Gasteiger partial charge is 0.340 e. The van der Waals surface area contributed by atoms with Gasteiger partial charge in [-0.25, -0.2) is 14.8 Å². The summed E-state index contributed by atoms with van der Waals surface area (Å²) in [4.78, 5) is 21.5. The zero-order valence-corrected chi connectivity index (χ0v) is 15.1. The fourth-order valence-corrected chi connectivity index (χ4v) is 3.23. The van der Waals surface area contributed by atoms with E-state index in [0.717, 1.165) is 27.8 Å².